The van der Waals surface area contributed by atoms with E-state index in [1.807, 2.05) is 25.1 Å². The number of aromatic nitrogens is 2. The van der Waals surface area contributed by atoms with E-state index in [4.69, 9.17) is 10.5 Å². The van der Waals surface area contributed by atoms with E-state index in [1.165, 1.54) is 7.11 Å². The number of methoxy groups -OCH3 is 1. The first-order chi connectivity index (χ1) is 10.1. The summed E-state index contributed by atoms with van der Waals surface area (Å²) >= 11 is 0. The Morgan fingerprint density at radius 3 is 2.67 bits per heavy atom. The maximum Gasteiger partial charge on any atom is 0.243 e. The molecule has 0 aliphatic rings. The summed E-state index contributed by atoms with van der Waals surface area (Å²) in [5.74, 6) is 0.375. The van der Waals surface area contributed by atoms with Gasteiger partial charge in [-0.05, 0) is 37.3 Å². The van der Waals surface area contributed by atoms with Crippen molar-refractivity contribution in [3.63, 3.8) is 0 Å². The lowest BCUT2D eigenvalue weighted by Crippen LogP contribution is -2.39. The summed E-state index contributed by atoms with van der Waals surface area (Å²) in [7, 11) is 1.50. The van der Waals surface area contributed by atoms with Crippen LogP contribution in [0.4, 0.5) is 5.69 Å². The molecule has 2 rings (SSSR count). The van der Waals surface area contributed by atoms with Crippen molar-refractivity contribution in [3.8, 4) is 11.4 Å². The van der Waals surface area contributed by atoms with Gasteiger partial charge in [-0.25, -0.2) is 9.97 Å². The van der Waals surface area contributed by atoms with Crippen molar-refractivity contribution in [1.82, 2.24) is 9.97 Å². The van der Waals surface area contributed by atoms with Crippen LogP contribution in [0, 0.1) is 6.92 Å². The Labute approximate surface area is 123 Å². The van der Waals surface area contributed by atoms with Crippen LogP contribution in [0.5, 0.6) is 0 Å². The van der Waals surface area contributed by atoms with E-state index < -0.39 is 6.04 Å². The maximum atomic E-state index is 11.8. The predicted octanol–water partition coefficient (Wildman–Crippen LogP) is 1.36. The van der Waals surface area contributed by atoms with E-state index in [2.05, 4.69) is 15.3 Å². The molecule has 1 unspecified atom stereocenters. The Kier molecular flexibility index (Phi) is 4.97. The summed E-state index contributed by atoms with van der Waals surface area (Å²) in [6, 6.07) is 8.44. The highest BCUT2D eigenvalue weighted by Crippen LogP contribution is 2.18. The molecule has 0 fully saturated rings. The van der Waals surface area contributed by atoms with Crippen LogP contribution in [0.2, 0.25) is 0 Å². The van der Waals surface area contributed by atoms with Crippen molar-refractivity contribution in [1.29, 1.82) is 0 Å². The predicted molar refractivity (Wildman–Crippen MR) is 80.7 cm³/mol. The van der Waals surface area contributed by atoms with Crippen molar-refractivity contribution >= 4 is 11.6 Å². The molecule has 2 aromatic rings. The summed E-state index contributed by atoms with van der Waals surface area (Å²) in [6.07, 6.45) is 1.72. The zero-order valence-electron chi connectivity index (χ0n) is 12.0. The molecule has 1 amide bonds. The van der Waals surface area contributed by atoms with Crippen LogP contribution >= 0.6 is 0 Å². The number of hydrogen-bond acceptors (Lipinski definition) is 5. The van der Waals surface area contributed by atoms with Crippen LogP contribution in [-0.2, 0) is 9.53 Å². The topological polar surface area (TPSA) is 90.1 Å². The van der Waals surface area contributed by atoms with Crippen molar-refractivity contribution in [2.24, 2.45) is 5.73 Å². The number of rotatable bonds is 5. The largest absolute Gasteiger partial charge is 0.383 e. The number of benzene rings is 1. The zero-order chi connectivity index (χ0) is 15.2. The molecule has 0 radical (unpaired) electrons. The quantitative estimate of drug-likeness (QED) is 0.866. The number of carbonyl (C=O) groups is 1. The lowest BCUT2D eigenvalue weighted by Gasteiger charge is -2.11. The zero-order valence-corrected chi connectivity index (χ0v) is 12.0. The smallest absolute Gasteiger partial charge is 0.243 e. The Hall–Kier alpha value is -2.31. The standard InChI is InChI=1S/C15H18N4O2/c1-10-7-8-17-14(18-10)11-3-5-12(6-4-11)19-15(20)13(16)9-21-2/h3-8,13H,9,16H2,1-2H3,(H,19,20). The van der Waals surface area contributed by atoms with Gasteiger partial charge in [-0.15, -0.1) is 0 Å². The average molecular weight is 286 g/mol. The average Bonchev–Trinajstić information content (AvgIpc) is 2.48. The van der Waals surface area contributed by atoms with Gasteiger partial charge < -0.3 is 15.8 Å². The minimum Gasteiger partial charge on any atom is -0.383 e. The van der Waals surface area contributed by atoms with E-state index >= 15 is 0 Å². The maximum absolute atomic E-state index is 11.8. The van der Waals surface area contributed by atoms with Crippen molar-refractivity contribution in [2.75, 3.05) is 19.0 Å². The molecule has 0 bridgehead atoms. The van der Waals surface area contributed by atoms with Crippen LogP contribution in [0.1, 0.15) is 5.69 Å². The number of aryl methyl sites for hydroxylation is 1. The molecule has 1 atom stereocenters. The fourth-order valence-electron chi connectivity index (χ4n) is 1.78. The molecule has 6 heteroatoms. The van der Waals surface area contributed by atoms with Crippen LogP contribution in [0.25, 0.3) is 11.4 Å². The number of amides is 1. The molecule has 3 N–H and O–H groups in total. The third kappa shape index (κ3) is 4.08. The molecule has 21 heavy (non-hydrogen) atoms. The highest BCUT2D eigenvalue weighted by atomic mass is 16.5. The lowest BCUT2D eigenvalue weighted by molar-refractivity contribution is -0.118. The van der Waals surface area contributed by atoms with Gasteiger partial charge in [0.25, 0.3) is 0 Å². The lowest BCUT2D eigenvalue weighted by atomic mass is 10.2. The van der Waals surface area contributed by atoms with E-state index in [1.54, 1.807) is 18.3 Å². The number of nitrogens with one attached hydrogen (secondary N) is 1. The summed E-state index contributed by atoms with van der Waals surface area (Å²) in [5.41, 5.74) is 8.12. The fourth-order valence-corrected chi connectivity index (χ4v) is 1.78. The number of carbonyl (C=O) groups excluding carboxylic acids is 1. The van der Waals surface area contributed by atoms with E-state index in [0.29, 0.717) is 11.5 Å². The van der Waals surface area contributed by atoms with Crippen molar-refractivity contribution < 1.29 is 9.53 Å². The number of anilines is 1. The minimum absolute atomic E-state index is 0.182. The van der Waals surface area contributed by atoms with Crippen LogP contribution < -0.4 is 11.1 Å². The van der Waals surface area contributed by atoms with Crippen molar-refractivity contribution in [2.45, 2.75) is 13.0 Å². The van der Waals surface area contributed by atoms with Crippen molar-refractivity contribution in [3.05, 3.63) is 42.2 Å². The third-order valence-electron chi connectivity index (χ3n) is 2.89. The highest BCUT2D eigenvalue weighted by Gasteiger charge is 2.13. The molecule has 110 valence electrons. The number of hydrogen-bond donors (Lipinski definition) is 2. The molecular formula is C15H18N4O2. The minimum atomic E-state index is -0.685. The number of ether oxygens (including phenoxy) is 1. The van der Waals surface area contributed by atoms with Crippen LogP contribution in [0.3, 0.4) is 0 Å². The second-order valence-corrected chi connectivity index (χ2v) is 4.65. The SMILES string of the molecule is COCC(N)C(=O)Nc1ccc(-c2nccc(C)n2)cc1. The van der Waals surface area contributed by atoms with Gasteiger partial charge in [-0.1, -0.05) is 0 Å². The molecule has 1 aromatic heterocycles. The Morgan fingerprint density at radius 1 is 1.33 bits per heavy atom. The van der Waals surface area contributed by atoms with Crippen LogP contribution in [-0.4, -0.2) is 35.6 Å². The van der Waals surface area contributed by atoms with Crippen LogP contribution in [0.15, 0.2) is 36.5 Å². The normalized spacial score (nSPS) is 12.0. The molecule has 0 spiro atoms. The molecular weight excluding hydrogens is 268 g/mol. The van der Waals surface area contributed by atoms with Gasteiger partial charge in [0, 0.05) is 30.3 Å². The first kappa shape index (κ1) is 15.1. The molecule has 1 heterocycles. The number of nitrogens with zero attached hydrogens (tertiary/aromatic N) is 2. The van der Waals surface area contributed by atoms with E-state index in [-0.39, 0.29) is 12.5 Å². The molecule has 0 saturated carbocycles. The van der Waals surface area contributed by atoms with E-state index in [9.17, 15) is 4.79 Å². The second kappa shape index (κ2) is 6.92. The Balaban J connectivity index is 2.07. The summed E-state index contributed by atoms with van der Waals surface area (Å²) < 4.78 is 4.85. The van der Waals surface area contributed by atoms with Gasteiger partial charge in [0.05, 0.1) is 6.61 Å². The second-order valence-electron chi connectivity index (χ2n) is 4.65. The molecule has 1 aromatic carbocycles. The first-order valence-electron chi connectivity index (χ1n) is 6.55. The fraction of sp³-hybridized carbons (Fsp3) is 0.267. The van der Waals surface area contributed by atoms with Gasteiger partial charge in [0.1, 0.15) is 6.04 Å². The highest BCUT2D eigenvalue weighted by molar-refractivity contribution is 5.94. The third-order valence-corrected chi connectivity index (χ3v) is 2.89. The molecule has 0 aliphatic carbocycles. The first-order valence-corrected chi connectivity index (χ1v) is 6.55. The molecule has 6 nitrogen and oxygen atoms in total. The number of nitrogens with two attached hydrogens (primary N) is 1. The monoisotopic (exact) mass is 286 g/mol. The summed E-state index contributed by atoms with van der Waals surface area (Å²) in [6.45, 7) is 2.10. The molecule has 0 aliphatic heterocycles. The van der Waals surface area contributed by atoms with Gasteiger partial charge in [0.2, 0.25) is 5.91 Å². The van der Waals surface area contributed by atoms with Gasteiger partial charge in [-0.2, -0.15) is 0 Å². The Morgan fingerprint density at radius 2 is 2.05 bits per heavy atom. The van der Waals surface area contributed by atoms with Gasteiger partial charge in [-0.3, -0.25) is 4.79 Å². The molecule has 0 saturated heterocycles. The van der Waals surface area contributed by atoms with E-state index in [0.717, 1.165) is 11.3 Å². The summed E-state index contributed by atoms with van der Waals surface area (Å²) in [4.78, 5) is 20.3. The van der Waals surface area contributed by atoms with Gasteiger partial charge >= 0.3 is 0 Å². The summed E-state index contributed by atoms with van der Waals surface area (Å²) in [5, 5.41) is 2.73. The van der Waals surface area contributed by atoms with Gasteiger partial charge in [0.15, 0.2) is 5.82 Å². The Bertz CT molecular complexity index is 613.